The highest BCUT2D eigenvalue weighted by Crippen LogP contribution is 2.31. The zero-order valence-electron chi connectivity index (χ0n) is 17.1. The number of nitrogens with one attached hydrogen (secondary N) is 2. The van der Waals surface area contributed by atoms with Crippen LogP contribution in [0.3, 0.4) is 0 Å². The lowest BCUT2D eigenvalue weighted by Crippen LogP contribution is -2.21. The van der Waals surface area contributed by atoms with Crippen LogP contribution in [-0.2, 0) is 24.6 Å². The van der Waals surface area contributed by atoms with Crippen molar-refractivity contribution in [3.8, 4) is 11.3 Å². The lowest BCUT2D eigenvalue weighted by atomic mass is 10.1. The average Bonchev–Trinajstić information content (AvgIpc) is 3.22. The number of alkyl halides is 6. The highest BCUT2D eigenvalue weighted by atomic mass is 19.4. The molecule has 0 aliphatic carbocycles. The van der Waals surface area contributed by atoms with Gasteiger partial charge in [0.1, 0.15) is 5.82 Å². The van der Waals surface area contributed by atoms with Crippen molar-refractivity contribution in [1.29, 1.82) is 0 Å². The Morgan fingerprint density at radius 1 is 1.12 bits per heavy atom. The molecule has 2 heterocycles. The minimum absolute atomic E-state index is 0.413. The normalized spacial score (nSPS) is 11.7. The molecule has 0 atom stereocenters. The molecule has 174 valence electrons. The predicted octanol–water partition coefficient (Wildman–Crippen LogP) is 4.69. The third-order valence-electron chi connectivity index (χ3n) is 4.23. The van der Waals surface area contributed by atoms with Crippen molar-refractivity contribution in [1.82, 2.24) is 19.7 Å². The summed E-state index contributed by atoms with van der Waals surface area (Å²) in [6.07, 6.45) is -9.53. The number of halogens is 6. The summed E-state index contributed by atoms with van der Waals surface area (Å²) in [6.45, 7) is 4.44. The van der Waals surface area contributed by atoms with Gasteiger partial charge in [0.15, 0.2) is 5.69 Å². The maximum absolute atomic E-state index is 12.8. The average molecular weight is 463 g/mol. The monoisotopic (exact) mass is 463 g/mol. The summed E-state index contributed by atoms with van der Waals surface area (Å²) in [7, 11) is 1.50. The van der Waals surface area contributed by atoms with E-state index in [0.29, 0.717) is 17.8 Å². The van der Waals surface area contributed by atoms with Crippen LogP contribution < -0.4 is 5.32 Å². The third kappa shape index (κ3) is 6.49. The molecule has 3 rings (SSSR count). The van der Waals surface area contributed by atoms with E-state index in [0.717, 1.165) is 29.0 Å². The van der Waals surface area contributed by atoms with Crippen molar-refractivity contribution in [2.24, 2.45) is 7.05 Å². The van der Waals surface area contributed by atoms with Gasteiger partial charge in [0.25, 0.3) is 0 Å². The molecule has 0 aliphatic rings. The van der Waals surface area contributed by atoms with Gasteiger partial charge < -0.3 is 15.4 Å². The van der Waals surface area contributed by atoms with E-state index in [4.69, 9.17) is 9.90 Å². The summed E-state index contributed by atoms with van der Waals surface area (Å²) in [5, 5.41) is 13.9. The van der Waals surface area contributed by atoms with Crippen LogP contribution >= 0.6 is 0 Å². The van der Waals surface area contributed by atoms with Gasteiger partial charge >= 0.3 is 18.3 Å². The molecule has 3 aromatic rings. The third-order valence-corrected chi connectivity index (χ3v) is 4.23. The van der Waals surface area contributed by atoms with Gasteiger partial charge in [0.2, 0.25) is 0 Å². The van der Waals surface area contributed by atoms with E-state index in [1.807, 2.05) is 26.0 Å². The molecule has 0 amide bonds. The maximum atomic E-state index is 12.8. The number of imidazole rings is 1. The van der Waals surface area contributed by atoms with Crippen LogP contribution in [0, 0.1) is 13.8 Å². The second-order valence-corrected chi connectivity index (χ2v) is 6.66. The number of carboxylic acids is 1. The second-order valence-electron chi connectivity index (χ2n) is 6.66. The number of carbonyl (C=O) groups is 1. The van der Waals surface area contributed by atoms with Gasteiger partial charge in [0, 0.05) is 18.4 Å². The van der Waals surface area contributed by atoms with Gasteiger partial charge in [-0.3, -0.25) is 4.68 Å². The number of hydrogen-bond donors (Lipinski definition) is 3. The number of H-pyrrole nitrogens is 1. The van der Waals surface area contributed by atoms with Crippen molar-refractivity contribution >= 4 is 11.7 Å². The number of aryl methyl sites for hydroxylation is 3. The Bertz CT molecular complexity index is 1050. The summed E-state index contributed by atoms with van der Waals surface area (Å²) in [6, 6.07) is 8.21. The van der Waals surface area contributed by atoms with Crippen LogP contribution in [0.1, 0.15) is 22.9 Å². The summed E-state index contributed by atoms with van der Waals surface area (Å²) < 4.78 is 71.2. The molecule has 0 bridgehead atoms. The number of rotatable bonds is 4. The zero-order valence-corrected chi connectivity index (χ0v) is 17.1. The van der Waals surface area contributed by atoms with Crippen LogP contribution in [0.5, 0.6) is 0 Å². The molecule has 0 spiro atoms. The number of hydrogen-bond acceptors (Lipinski definition) is 4. The molecule has 2 aromatic heterocycles. The van der Waals surface area contributed by atoms with Crippen LogP contribution in [0.2, 0.25) is 0 Å². The van der Waals surface area contributed by atoms with E-state index in [-0.39, 0.29) is 0 Å². The summed E-state index contributed by atoms with van der Waals surface area (Å²) >= 11 is 0. The fraction of sp³-hybridized carbons (Fsp3) is 0.316. The summed E-state index contributed by atoms with van der Waals surface area (Å²) in [5.41, 5.74) is 3.04. The fourth-order valence-corrected chi connectivity index (χ4v) is 2.53. The van der Waals surface area contributed by atoms with Gasteiger partial charge in [-0.25, -0.2) is 9.78 Å². The molecule has 13 heteroatoms. The SMILES string of the molecule is Cc1nc(CNc2ccc(-c3cc(C(F)(F)F)nn3C)cc2)[nH]c1C.O=C(O)C(F)(F)F. The Kier molecular flexibility index (Phi) is 7.21. The Labute approximate surface area is 178 Å². The number of anilines is 1. The van der Waals surface area contributed by atoms with Gasteiger partial charge in [-0.2, -0.15) is 31.4 Å². The van der Waals surface area contributed by atoms with Crippen LogP contribution in [-0.4, -0.2) is 37.0 Å². The van der Waals surface area contributed by atoms with E-state index in [1.165, 1.54) is 11.7 Å². The topological polar surface area (TPSA) is 95.8 Å². The first-order valence-electron chi connectivity index (χ1n) is 8.96. The van der Waals surface area contributed by atoms with Gasteiger partial charge in [-0.1, -0.05) is 12.1 Å². The lowest BCUT2D eigenvalue weighted by Gasteiger charge is -2.06. The minimum Gasteiger partial charge on any atom is -0.475 e. The van der Waals surface area contributed by atoms with Crippen molar-refractivity contribution in [2.45, 2.75) is 32.7 Å². The summed E-state index contributed by atoms with van der Waals surface area (Å²) in [4.78, 5) is 16.5. The molecule has 0 radical (unpaired) electrons. The molecule has 7 nitrogen and oxygen atoms in total. The zero-order chi connectivity index (χ0) is 24.3. The van der Waals surface area contributed by atoms with Crippen molar-refractivity contribution in [3.05, 3.63) is 53.2 Å². The number of carboxylic acid groups (broad SMARTS) is 1. The fourth-order valence-electron chi connectivity index (χ4n) is 2.53. The minimum atomic E-state index is -5.08. The first kappa shape index (κ1) is 24.8. The van der Waals surface area contributed by atoms with E-state index >= 15 is 0 Å². The molecule has 0 fully saturated rings. The molecule has 0 saturated heterocycles. The van der Waals surface area contributed by atoms with Gasteiger partial charge in [-0.15, -0.1) is 0 Å². The molecule has 1 aromatic carbocycles. The number of aromatic nitrogens is 4. The number of benzene rings is 1. The largest absolute Gasteiger partial charge is 0.490 e. The van der Waals surface area contributed by atoms with E-state index in [2.05, 4.69) is 20.4 Å². The smallest absolute Gasteiger partial charge is 0.475 e. The Morgan fingerprint density at radius 2 is 1.69 bits per heavy atom. The van der Waals surface area contributed by atoms with Crippen LogP contribution in [0.15, 0.2) is 30.3 Å². The van der Waals surface area contributed by atoms with Gasteiger partial charge in [0.05, 0.1) is 17.9 Å². The Balaban J connectivity index is 0.000000451. The quantitative estimate of drug-likeness (QED) is 0.488. The predicted molar refractivity (Wildman–Crippen MR) is 103 cm³/mol. The molecule has 3 N–H and O–H groups in total. The lowest BCUT2D eigenvalue weighted by molar-refractivity contribution is -0.192. The Hall–Kier alpha value is -3.51. The summed E-state index contributed by atoms with van der Waals surface area (Å²) in [5.74, 6) is -1.92. The van der Waals surface area contributed by atoms with E-state index in [9.17, 15) is 26.3 Å². The molecular weight excluding hydrogens is 444 g/mol. The van der Waals surface area contributed by atoms with Crippen LogP contribution in [0.25, 0.3) is 11.3 Å². The second kappa shape index (κ2) is 9.32. The van der Waals surface area contributed by atoms with Crippen molar-refractivity contribution < 1.29 is 36.2 Å². The first-order valence-corrected chi connectivity index (χ1v) is 8.96. The molecular formula is C19H19F6N5O2. The molecule has 32 heavy (non-hydrogen) atoms. The van der Waals surface area contributed by atoms with Crippen molar-refractivity contribution in [2.75, 3.05) is 5.32 Å². The van der Waals surface area contributed by atoms with E-state index < -0.39 is 24.0 Å². The number of aromatic amines is 1. The van der Waals surface area contributed by atoms with E-state index in [1.54, 1.807) is 12.1 Å². The number of nitrogens with zero attached hydrogens (tertiary/aromatic N) is 3. The highest BCUT2D eigenvalue weighted by molar-refractivity contribution is 5.73. The first-order chi connectivity index (χ1) is 14.7. The van der Waals surface area contributed by atoms with Gasteiger partial charge in [-0.05, 0) is 37.6 Å². The standard InChI is InChI=1S/C17H18F3N5.C2HF3O2/c1-10-11(2)23-16(22-10)9-21-13-6-4-12(5-7-13)14-8-15(17(18,19)20)24-25(14)3;3-2(4,5)1(6)7/h4-8,21H,9H2,1-3H3,(H,22,23);(H,6,7). The Morgan fingerprint density at radius 3 is 2.09 bits per heavy atom. The number of aliphatic carboxylic acids is 1. The molecule has 0 unspecified atom stereocenters. The van der Waals surface area contributed by atoms with Crippen molar-refractivity contribution in [3.63, 3.8) is 0 Å². The molecule has 0 saturated carbocycles. The maximum Gasteiger partial charge on any atom is 0.490 e. The highest BCUT2D eigenvalue weighted by Gasteiger charge is 2.38. The molecule has 0 aliphatic heterocycles. The van der Waals surface area contributed by atoms with Crippen LogP contribution in [0.4, 0.5) is 32.0 Å².